The SMILES string of the molecule is COc1cccc(OCC2CN(Cc3ccc(Cl)cc3)CCO2)c1OC.O=C(O)C(=O)O. The molecule has 3 rings (SSSR count). The molecule has 1 atom stereocenters. The summed E-state index contributed by atoms with van der Waals surface area (Å²) in [4.78, 5) is 20.6. The van der Waals surface area contributed by atoms with Crippen molar-refractivity contribution in [3.63, 3.8) is 0 Å². The molecular formula is C22H26ClNO8. The Morgan fingerprint density at radius 1 is 1.06 bits per heavy atom. The van der Waals surface area contributed by atoms with Crippen LogP contribution in [0.4, 0.5) is 0 Å². The first-order chi connectivity index (χ1) is 15.3. The number of rotatable bonds is 7. The molecule has 0 aromatic heterocycles. The van der Waals surface area contributed by atoms with E-state index in [0.717, 1.165) is 24.7 Å². The number of halogens is 1. The highest BCUT2D eigenvalue weighted by Crippen LogP contribution is 2.36. The van der Waals surface area contributed by atoms with Gasteiger partial charge in [-0.25, -0.2) is 9.59 Å². The van der Waals surface area contributed by atoms with Crippen LogP contribution in [0, 0.1) is 0 Å². The highest BCUT2D eigenvalue weighted by molar-refractivity contribution is 6.30. The van der Waals surface area contributed by atoms with Gasteiger partial charge in [0.05, 0.1) is 20.8 Å². The molecule has 0 bridgehead atoms. The Morgan fingerprint density at radius 3 is 2.31 bits per heavy atom. The van der Waals surface area contributed by atoms with Gasteiger partial charge in [0.2, 0.25) is 5.75 Å². The molecule has 1 heterocycles. The zero-order chi connectivity index (χ0) is 23.5. The summed E-state index contributed by atoms with van der Waals surface area (Å²) in [5.74, 6) is -1.74. The van der Waals surface area contributed by atoms with Crippen molar-refractivity contribution in [2.75, 3.05) is 40.5 Å². The van der Waals surface area contributed by atoms with E-state index in [-0.39, 0.29) is 6.10 Å². The molecule has 1 fully saturated rings. The first-order valence-electron chi connectivity index (χ1n) is 9.72. The van der Waals surface area contributed by atoms with E-state index in [9.17, 15) is 0 Å². The predicted molar refractivity (Wildman–Crippen MR) is 117 cm³/mol. The van der Waals surface area contributed by atoms with Crippen LogP contribution in [0.1, 0.15) is 5.56 Å². The number of carboxylic acid groups (broad SMARTS) is 2. The number of benzene rings is 2. The van der Waals surface area contributed by atoms with Crippen molar-refractivity contribution in [1.29, 1.82) is 0 Å². The number of hydrogen-bond donors (Lipinski definition) is 2. The minimum Gasteiger partial charge on any atom is -0.493 e. The summed E-state index contributed by atoms with van der Waals surface area (Å²) in [6.07, 6.45) is 0.00644. The molecule has 0 saturated carbocycles. The van der Waals surface area contributed by atoms with E-state index < -0.39 is 11.9 Å². The van der Waals surface area contributed by atoms with E-state index >= 15 is 0 Å². The number of aliphatic carboxylic acids is 2. The van der Waals surface area contributed by atoms with Gasteiger partial charge in [0.1, 0.15) is 12.7 Å². The van der Waals surface area contributed by atoms with Crippen molar-refractivity contribution in [3.8, 4) is 17.2 Å². The standard InChI is InChI=1S/C20H24ClNO4.C2H2O4/c1-23-18-4-3-5-19(20(18)24-2)26-14-17-13-22(10-11-25-17)12-15-6-8-16(21)9-7-15;3-1(4)2(5)6/h3-9,17H,10-14H2,1-2H3;(H,3,4)(H,5,6). The number of ether oxygens (including phenoxy) is 4. The van der Waals surface area contributed by atoms with E-state index in [2.05, 4.69) is 17.0 Å². The number of carbonyl (C=O) groups is 2. The number of hydrogen-bond acceptors (Lipinski definition) is 7. The van der Waals surface area contributed by atoms with Gasteiger partial charge >= 0.3 is 11.9 Å². The fourth-order valence-electron chi connectivity index (χ4n) is 3.03. The molecule has 174 valence electrons. The predicted octanol–water partition coefficient (Wildman–Crippen LogP) is 2.79. The fourth-order valence-corrected chi connectivity index (χ4v) is 3.15. The molecule has 1 saturated heterocycles. The molecule has 0 amide bonds. The van der Waals surface area contributed by atoms with Crippen LogP contribution in [0.2, 0.25) is 5.02 Å². The van der Waals surface area contributed by atoms with Crippen LogP contribution in [0.3, 0.4) is 0 Å². The average Bonchev–Trinajstić information content (AvgIpc) is 2.79. The summed E-state index contributed by atoms with van der Waals surface area (Å²) in [5.41, 5.74) is 1.24. The lowest BCUT2D eigenvalue weighted by atomic mass is 10.2. The Hall–Kier alpha value is -3.01. The van der Waals surface area contributed by atoms with Gasteiger partial charge in [0.25, 0.3) is 0 Å². The Labute approximate surface area is 191 Å². The molecule has 2 N–H and O–H groups in total. The van der Waals surface area contributed by atoms with Crippen LogP contribution in [0.15, 0.2) is 42.5 Å². The second kappa shape index (κ2) is 12.7. The summed E-state index contributed by atoms with van der Waals surface area (Å²) in [6, 6.07) is 13.6. The van der Waals surface area contributed by atoms with Crippen LogP contribution < -0.4 is 14.2 Å². The Kier molecular flexibility index (Phi) is 10.1. The van der Waals surface area contributed by atoms with E-state index in [1.165, 1.54) is 5.56 Å². The van der Waals surface area contributed by atoms with Crippen molar-refractivity contribution in [1.82, 2.24) is 4.90 Å². The molecule has 9 nitrogen and oxygen atoms in total. The zero-order valence-electron chi connectivity index (χ0n) is 17.8. The minimum absolute atomic E-state index is 0.00644. The lowest BCUT2D eigenvalue weighted by molar-refractivity contribution is -0.159. The second-order valence-electron chi connectivity index (χ2n) is 6.77. The third-order valence-corrected chi connectivity index (χ3v) is 4.77. The molecule has 1 unspecified atom stereocenters. The van der Waals surface area contributed by atoms with Gasteiger partial charge in [0.15, 0.2) is 11.5 Å². The molecule has 1 aliphatic heterocycles. The third kappa shape index (κ3) is 7.92. The summed E-state index contributed by atoms with van der Waals surface area (Å²) < 4.78 is 22.5. The van der Waals surface area contributed by atoms with Gasteiger partial charge in [-0.05, 0) is 29.8 Å². The van der Waals surface area contributed by atoms with Crippen molar-refractivity contribution in [2.24, 2.45) is 0 Å². The summed E-state index contributed by atoms with van der Waals surface area (Å²) in [7, 11) is 3.22. The molecule has 1 aliphatic rings. The number of methoxy groups -OCH3 is 2. The Balaban J connectivity index is 0.000000534. The van der Waals surface area contributed by atoms with Crippen LogP contribution in [0.25, 0.3) is 0 Å². The van der Waals surface area contributed by atoms with Crippen molar-refractivity contribution >= 4 is 23.5 Å². The average molecular weight is 468 g/mol. The van der Waals surface area contributed by atoms with Gasteiger partial charge in [-0.2, -0.15) is 0 Å². The third-order valence-electron chi connectivity index (χ3n) is 4.52. The maximum atomic E-state index is 9.10. The van der Waals surface area contributed by atoms with Crippen LogP contribution >= 0.6 is 11.6 Å². The molecule has 2 aromatic rings. The van der Waals surface area contributed by atoms with Crippen LogP contribution in [-0.2, 0) is 20.9 Å². The number of morpholine rings is 1. The van der Waals surface area contributed by atoms with Crippen molar-refractivity contribution in [2.45, 2.75) is 12.6 Å². The zero-order valence-corrected chi connectivity index (χ0v) is 18.6. The molecule has 10 heteroatoms. The topological polar surface area (TPSA) is 115 Å². The first-order valence-corrected chi connectivity index (χ1v) is 10.1. The van der Waals surface area contributed by atoms with Gasteiger partial charge in [-0.1, -0.05) is 29.8 Å². The van der Waals surface area contributed by atoms with Crippen molar-refractivity contribution < 1.29 is 38.7 Å². The van der Waals surface area contributed by atoms with E-state index in [1.54, 1.807) is 14.2 Å². The molecule has 0 spiro atoms. The van der Waals surface area contributed by atoms with Crippen LogP contribution in [-0.4, -0.2) is 73.7 Å². The van der Waals surface area contributed by atoms with E-state index in [1.807, 2.05) is 30.3 Å². The lowest BCUT2D eigenvalue weighted by Gasteiger charge is -2.33. The highest BCUT2D eigenvalue weighted by Gasteiger charge is 2.22. The lowest BCUT2D eigenvalue weighted by Crippen LogP contribution is -2.44. The maximum Gasteiger partial charge on any atom is 0.414 e. The van der Waals surface area contributed by atoms with Crippen molar-refractivity contribution in [3.05, 3.63) is 53.1 Å². The monoisotopic (exact) mass is 467 g/mol. The van der Waals surface area contributed by atoms with E-state index in [4.69, 9.17) is 50.4 Å². The largest absolute Gasteiger partial charge is 0.493 e. The minimum atomic E-state index is -1.82. The van der Waals surface area contributed by atoms with Gasteiger partial charge in [0, 0.05) is 24.7 Å². The van der Waals surface area contributed by atoms with Gasteiger partial charge in [-0.15, -0.1) is 0 Å². The molecule has 2 aromatic carbocycles. The summed E-state index contributed by atoms with van der Waals surface area (Å²) in [5, 5.41) is 15.5. The Bertz CT molecular complexity index is 878. The first kappa shape index (κ1) is 25.3. The number of para-hydroxylation sites is 1. The Morgan fingerprint density at radius 2 is 1.72 bits per heavy atom. The number of nitrogens with zero attached hydrogens (tertiary/aromatic N) is 1. The van der Waals surface area contributed by atoms with Gasteiger partial charge < -0.3 is 29.2 Å². The molecule has 32 heavy (non-hydrogen) atoms. The second-order valence-corrected chi connectivity index (χ2v) is 7.20. The summed E-state index contributed by atoms with van der Waals surface area (Å²) >= 11 is 5.95. The maximum absolute atomic E-state index is 9.10. The number of carboxylic acids is 2. The van der Waals surface area contributed by atoms with E-state index in [0.29, 0.717) is 30.5 Å². The molecule has 0 radical (unpaired) electrons. The fraction of sp³-hybridized carbons (Fsp3) is 0.364. The quantitative estimate of drug-likeness (QED) is 0.593. The smallest absolute Gasteiger partial charge is 0.414 e. The molecule has 0 aliphatic carbocycles. The molecular weight excluding hydrogens is 442 g/mol. The normalized spacial score (nSPS) is 15.8. The summed E-state index contributed by atoms with van der Waals surface area (Å²) in [6.45, 7) is 3.74. The highest BCUT2D eigenvalue weighted by atomic mass is 35.5. The van der Waals surface area contributed by atoms with Gasteiger partial charge in [-0.3, -0.25) is 4.90 Å². The van der Waals surface area contributed by atoms with Crippen LogP contribution in [0.5, 0.6) is 17.2 Å².